The number of benzene rings is 2. The molecule has 1 aliphatic rings. The number of carbonyl (C=O) groups is 1. The summed E-state index contributed by atoms with van der Waals surface area (Å²) in [5.74, 6) is -1.35. The molecule has 0 saturated carbocycles. The highest BCUT2D eigenvalue weighted by Gasteiger charge is 2.24. The lowest BCUT2D eigenvalue weighted by atomic mass is 9.98. The van der Waals surface area contributed by atoms with E-state index in [0.29, 0.717) is 28.8 Å². The number of para-hydroxylation sites is 1. The molecule has 0 aliphatic carbocycles. The molecule has 1 aromatic heterocycles. The topological polar surface area (TPSA) is 74.4 Å². The molecular weight excluding hydrogens is 342 g/mol. The Labute approximate surface area is 147 Å². The molecule has 4 rings (SSSR count). The summed E-state index contributed by atoms with van der Waals surface area (Å²) in [6.07, 6.45) is 1.40. The highest BCUT2D eigenvalue weighted by Crippen LogP contribution is 2.42. The maximum Gasteiger partial charge on any atom is 0.231 e. The molecule has 0 fully saturated rings. The number of nitrogen functional groups attached to an aromatic ring is 1. The zero-order chi connectivity index (χ0) is 18.3. The highest BCUT2D eigenvalue weighted by molar-refractivity contribution is 6.13. The number of ketones is 1. The maximum absolute atomic E-state index is 14.0. The molecule has 0 saturated heterocycles. The van der Waals surface area contributed by atoms with E-state index in [1.165, 1.54) is 12.3 Å². The first-order valence-electron chi connectivity index (χ1n) is 7.69. The summed E-state index contributed by atoms with van der Waals surface area (Å²) in [4.78, 5) is 16.9. The molecule has 0 atom stereocenters. The first kappa shape index (κ1) is 16.0. The SMILES string of the molecule is Nc1c(C(=O)c2ccc(F)cc2F)ccnc1-c1cccc2c1OCO2. The van der Waals surface area contributed by atoms with Gasteiger partial charge in [-0.15, -0.1) is 0 Å². The van der Waals surface area contributed by atoms with Crippen molar-refractivity contribution in [2.24, 2.45) is 0 Å². The minimum Gasteiger partial charge on any atom is -0.454 e. The number of pyridine rings is 1. The van der Waals surface area contributed by atoms with Gasteiger partial charge in [0, 0.05) is 23.4 Å². The maximum atomic E-state index is 14.0. The second-order valence-corrected chi connectivity index (χ2v) is 5.61. The van der Waals surface area contributed by atoms with E-state index < -0.39 is 17.4 Å². The van der Waals surface area contributed by atoms with Gasteiger partial charge in [-0.2, -0.15) is 0 Å². The third kappa shape index (κ3) is 2.54. The molecule has 0 bridgehead atoms. The summed E-state index contributed by atoms with van der Waals surface area (Å²) < 4.78 is 37.8. The molecule has 2 aromatic carbocycles. The van der Waals surface area contributed by atoms with Crippen LogP contribution in [0.25, 0.3) is 11.3 Å². The number of nitrogens with zero attached hydrogens (tertiary/aromatic N) is 1. The summed E-state index contributed by atoms with van der Waals surface area (Å²) >= 11 is 0. The third-order valence-electron chi connectivity index (χ3n) is 4.06. The molecule has 1 aliphatic heterocycles. The van der Waals surface area contributed by atoms with E-state index in [4.69, 9.17) is 15.2 Å². The van der Waals surface area contributed by atoms with E-state index >= 15 is 0 Å². The highest BCUT2D eigenvalue weighted by atomic mass is 19.1. The lowest BCUT2D eigenvalue weighted by Gasteiger charge is -2.11. The van der Waals surface area contributed by atoms with Crippen LogP contribution in [0.1, 0.15) is 15.9 Å². The fourth-order valence-corrected chi connectivity index (χ4v) is 2.82. The molecule has 0 unspecified atom stereocenters. The molecule has 3 aromatic rings. The van der Waals surface area contributed by atoms with E-state index in [1.807, 2.05) is 0 Å². The Bertz CT molecular complexity index is 1040. The van der Waals surface area contributed by atoms with Crippen molar-refractivity contribution in [3.05, 3.63) is 71.4 Å². The Morgan fingerprint density at radius 3 is 2.73 bits per heavy atom. The van der Waals surface area contributed by atoms with Gasteiger partial charge in [-0.05, 0) is 30.3 Å². The number of rotatable bonds is 3. The number of hydrogen-bond acceptors (Lipinski definition) is 5. The van der Waals surface area contributed by atoms with E-state index in [1.54, 1.807) is 18.2 Å². The zero-order valence-corrected chi connectivity index (χ0v) is 13.3. The molecule has 0 amide bonds. The number of fused-ring (bicyclic) bond motifs is 1. The minimum atomic E-state index is -0.954. The monoisotopic (exact) mass is 354 g/mol. The van der Waals surface area contributed by atoms with Gasteiger partial charge in [-0.1, -0.05) is 6.07 Å². The molecule has 26 heavy (non-hydrogen) atoms. The van der Waals surface area contributed by atoms with Gasteiger partial charge in [0.05, 0.1) is 16.9 Å². The van der Waals surface area contributed by atoms with E-state index in [-0.39, 0.29) is 23.6 Å². The minimum absolute atomic E-state index is 0.0667. The third-order valence-corrected chi connectivity index (χ3v) is 4.06. The summed E-state index contributed by atoms with van der Waals surface area (Å²) in [5, 5.41) is 0. The normalized spacial score (nSPS) is 12.2. The van der Waals surface area contributed by atoms with Crippen LogP contribution in [-0.4, -0.2) is 17.6 Å². The average Bonchev–Trinajstić information content (AvgIpc) is 3.10. The Kier molecular flexibility index (Phi) is 3.76. The Morgan fingerprint density at radius 2 is 1.92 bits per heavy atom. The van der Waals surface area contributed by atoms with Crippen molar-refractivity contribution in [2.75, 3.05) is 12.5 Å². The summed E-state index contributed by atoms with van der Waals surface area (Å²) in [6.45, 7) is 0.0751. The lowest BCUT2D eigenvalue weighted by Crippen LogP contribution is -2.09. The van der Waals surface area contributed by atoms with Crippen LogP contribution < -0.4 is 15.2 Å². The van der Waals surface area contributed by atoms with Crippen molar-refractivity contribution < 1.29 is 23.0 Å². The van der Waals surface area contributed by atoms with Gasteiger partial charge in [0.1, 0.15) is 11.6 Å². The van der Waals surface area contributed by atoms with E-state index in [0.717, 1.165) is 12.1 Å². The first-order chi connectivity index (χ1) is 12.6. The van der Waals surface area contributed by atoms with Crippen LogP contribution in [0.15, 0.2) is 48.7 Å². The van der Waals surface area contributed by atoms with Gasteiger partial charge in [0.25, 0.3) is 0 Å². The van der Waals surface area contributed by atoms with Gasteiger partial charge in [0.2, 0.25) is 6.79 Å². The first-order valence-corrected chi connectivity index (χ1v) is 7.69. The zero-order valence-electron chi connectivity index (χ0n) is 13.3. The predicted molar refractivity (Wildman–Crippen MR) is 90.0 cm³/mol. The number of nitrogens with two attached hydrogens (primary N) is 1. The molecule has 0 spiro atoms. The second kappa shape index (κ2) is 6.11. The average molecular weight is 354 g/mol. The standard InChI is InChI=1S/C19H12F2N2O3/c20-10-4-5-11(14(21)8-10)18(24)12-6-7-23-17(16(12)22)13-2-1-3-15-19(13)26-9-25-15/h1-8H,9,22H2. The Hall–Kier alpha value is -3.48. The summed E-state index contributed by atoms with van der Waals surface area (Å²) in [5.41, 5.74) is 6.90. The van der Waals surface area contributed by atoms with Crippen LogP contribution in [0.3, 0.4) is 0 Å². The van der Waals surface area contributed by atoms with Crippen LogP contribution in [0.4, 0.5) is 14.5 Å². The van der Waals surface area contributed by atoms with Gasteiger partial charge >= 0.3 is 0 Å². The van der Waals surface area contributed by atoms with Gasteiger partial charge in [-0.25, -0.2) is 8.78 Å². The van der Waals surface area contributed by atoms with E-state index in [9.17, 15) is 13.6 Å². The second-order valence-electron chi connectivity index (χ2n) is 5.61. The molecular formula is C19H12F2N2O3. The molecule has 5 nitrogen and oxygen atoms in total. The van der Waals surface area contributed by atoms with Gasteiger partial charge < -0.3 is 15.2 Å². The van der Waals surface area contributed by atoms with Crippen molar-refractivity contribution in [1.82, 2.24) is 4.98 Å². The number of ether oxygens (including phenoxy) is 2. The fraction of sp³-hybridized carbons (Fsp3) is 0.0526. The number of anilines is 1. The Balaban J connectivity index is 1.82. The molecule has 7 heteroatoms. The predicted octanol–water partition coefficient (Wildman–Crippen LogP) is 3.57. The van der Waals surface area contributed by atoms with Crippen molar-refractivity contribution in [1.29, 1.82) is 0 Å². The molecule has 2 N–H and O–H groups in total. The summed E-state index contributed by atoms with van der Waals surface area (Å²) in [7, 11) is 0. The number of carbonyl (C=O) groups excluding carboxylic acids is 1. The smallest absolute Gasteiger partial charge is 0.231 e. The van der Waals surface area contributed by atoms with Crippen LogP contribution in [0.5, 0.6) is 11.5 Å². The fourth-order valence-electron chi connectivity index (χ4n) is 2.82. The number of halogens is 2. The quantitative estimate of drug-likeness (QED) is 0.728. The lowest BCUT2D eigenvalue weighted by molar-refractivity contribution is 0.103. The number of hydrogen-bond donors (Lipinski definition) is 1. The van der Waals surface area contributed by atoms with Crippen molar-refractivity contribution in [3.8, 4) is 22.8 Å². The molecule has 130 valence electrons. The van der Waals surface area contributed by atoms with E-state index in [2.05, 4.69) is 4.98 Å². The number of aromatic nitrogens is 1. The van der Waals surface area contributed by atoms with Crippen LogP contribution in [0, 0.1) is 11.6 Å². The van der Waals surface area contributed by atoms with Crippen molar-refractivity contribution in [2.45, 2.75) is 0 Å². The van der Waals surface area contributed by atoms with Crippen LogP contribution in [0.2, 0.25) is 0 Å². The summed E-state index contributed by atoms with van der Waals surface area (Å²) in [6, 6.07) is 9.38. The van der Waals surface area contributed by atoms with Crippen LogP contribution in [-0.2, 0) is 0 Å². The van der Waals surface area contributed by atoms with Gasteiger partial charge in [0.15, 0.2) is 17.3 Å². The van der Waals surface area contributed by atoms with Crippen molar-refractivity contribution >= 4 is 11.5 Å². The van der Waals surface area contributed by atoms with Gasteiger partial charge in [-0.3, -0.25) is 9.78 Å². The van der Waals surface area contributed by atoms with Crippen LogP contribution >= 0.6 is 0 Å². The largest absolute Gasteiger partial charge is 0.454 e. The molecule has 2 heterocycles. The molecule has 0 radical (unpaired) electrons. The Morgan fingerprint density at radius 1 is 1.08 bits per heavy atom. The van der Waals surface area contributed by atoms with Crippen molar-refractivity contribution in [3.63, 3.8) is 0 Å².